The van der Waals surface area contributed by atoms with Crippen molar-refractivity contribution in [1.29, 1.82) is 0 Å². The predicted molar refractivity (Wildman–Crippen MR) is 32.9 cm³/mol. The molecule has 0 aromatic carbocycles. The van der Waals surface area contributed by atoms with Gasteiger partial charge < -0.3 is 10.2 Å². The smallest absolute Gasteiger partial charge is 0.340 e. The van der Waals surface area contributed by atoms with Crippen LogP contribution in [0.1, 0.15) is 10.4 Å². The lowest BCUT2D eigenvalue weighted by atomic mass is 10.3. The average Bonchev–Trinajstić information content (AvgIpc) is 2.13. The number of rotatable bonds is 1. The molecule has 1 heterocycles. The molecule has 1 aromatic heterocycles. The van der Waals surface area contributed by atoms with Gasteiger partial charge >= 0.3 is 5.97 Å². The zero-order valence-electron chi connectivity index (χ0n) is 4.37. The van der Waals surface area contributed by atoms with E-state index < -0.39 is 5.97 Å². The zero-order valence-corrected chi connectivity index (χ0v) is 5.18. The van der Waals surface area contributed by atoms with Crippen LogP contribution < -0.4 is 0 Å². The highest BCUT2D eigenvalue weighted by atomic mass is 32.1. The van der Waals surface area contributed by atoms with E-state index in [9.17, 15) is 4.79 Å². The first-order chi connectivity index (χ1) is 4.22. The van der Waals surface area contributed by atoms with E-state index in [-0.39, 0.29) is 10.6 Å². The van der Waals surface area contributed by atoms with E-state index in [0.717, 1.165) is 11.3 Å². The van der Waals surface area contributed by atoms with Crippen molar-refractivity contribution >= 4 is 17.3 Å². The topological polar surface area (TPSA) is 57.5 Å². The Bertz CT molecular complexity index is 228. The minimum Gasteiger partial charge on any atom is -0.499 e. The number of aromatic carboxylic acids is 1. The summed E-state index contributed by atoms with van der Waals surface area (Å²) in [6.45, 7) is 0. The fourth-order valence-electron chi connectivity index (χ4n) is 0.464. The predicted octanol–water partition coefficient (Wildman–Crippen LogP) is 1.15. The van der Waals surface area contributed by atoms with E-state index in [1.165, 1.54) is 11.4 Å². The molecule has 0 saturated heterocycles. The van der Waals surface area contributed by atoms with Crippen LogP contribution >= 0.6 is 11.3 Å². The first kappa shape index (κ1) is 6.10. The molecule has 2 N–H and O–H groups in total. The van der Waals surface area contributed by atoms with E-state index >= 15 is 0 Å². The van der Waals surface area contributed by atoms with Crippen molar-refractivity contribution in [2.45, 2.75) is 0 Å². The van der Waals surface area contributed by atoms with Gasteiger partial charge in [-0.25, -0.2) is 4.79 Å². The second-order valence-electron chi connectivity index (χ2n) is 1.44. The molecule has 4 heteroatoms. The molecule has 3 nitrogen and oxygen atoms in total. The number of carboxylic acid groups (broad SMARTS) is 1. The SMILES string of the molecule is O=C(O)c1ccsc1O. The Labute approximate surface area is 55.2 Å². The van der Waals surface area contributed by atoms with E-state index in [1.807, 2.05) is 0 Å². The summed E-state index contributed by atoms with van der Waals surface area (Å²) < 4.78 is 0. The van der Waals surface area contributed by atoms with Gasteiger partial charge in [-0.2, -0.15) is 0 Å². The minimum atomic E-state index is -1.09. The maximum absolute atomic E-state index is 10.1. The number of aromatic hydroxyl groups is 1. The summed E-state index contributed by atoms with van der Waals surface area (Å²) in [6.07, 6.45) is 0. The van der Waals surface area contributed by atoms with Crippen molar-refractivity contribution in [3.8, 4) is 5.06 Å². The first-order valence-corrected chi connectivity index (χ1v) is 3.09. The second kappa shape index (κ2) is 2.06. The van der Waals surface area contributed by atoms with E-state index in [2.05, 4.69) is 0 Å². The molecule has 1 rings (SSSR count). The second-order valence-corrected chi connectivity index (χ2v) is 2.34. The van der Waals surface area contributed by atoms with Gasteiger partial charge in [0, 0.05) is 0 Å². The van der Waals surface area contributed by atoms with Crippen molar-refractivity contribution in [3.63, 3.8) is 0 Å². The molecular formula is C5H4O3S. The zero-order chi connectivity index (χ0) is 6.85. The molecule has 1 aromatic rings. The molecule has 9 heavy (non-hydrogen) atoms. The third-order valence-electron chi connectivity index (χ3n) is 0.875. The molecule has 0 bridgehead atoms. The van der Waals surface area contributed by atoms with Crippen LogP contribution in [-0.2, 0) is 0 Å². The fourth-order valence-corrected chi connectivity index (χ4v) is 1.08. The van der Waals surface area contributed by atoms with Crippen molar-refractivity contribution in [2.75, 3.05) is 0 Å². The van der Waals surface area contributed by atoms with Crippen molar-refractivity contribution < 1.29 is 15.0 Å². The lowest BCUT2D eigenvalue weighted by molar-refractivity contribution is 0.0695. The van der Waals surface area contributed by atoms with Crippen LogP contribution in [0.15, 0.2) is 11.4 Å². The number of carbonyl (C=O) groups is 1. The van der Waals surface area contributed by atoms with E-state index in [4.69, 9.17) is 10.2 Å². The standard InChI is InChI=1S/C5H4O3S/c6-4(7)3-1-2-9-5(3)8/h1-2,8H,(H,6,7). The summed E-state index contributed by atoms with van der Waals surface area (Å²) in [4.78, 5) is 10.1. The molecule has 0 unspecified atom stereocenters. The molecule has 0 aliphatic heterocycles. The Hall–Kier alpha value is -1.03. The highest BCUT2D eigenvalue weighted by Crippen LogP contribution is 2.23. The number of hydrogen-bond acceptors (Lipinski definition) is 3. The molecule has 0 amide bonds. The van der Waals surface area contributed by atoms with Crippen LogP contribution in [0.4, 0.5) is 0 Å². The Balaban J connectivity index is 3.08. The third-order valence-corrected chi connectivity index (χ3v) is 1.59. The first-order valence-electron chi connectivity index (χ1n) is 2.21. The van der Waals surface area contributed by atoms with Gasteiger partial charge in [-0.05, 0) is 11.4 Å². The lowest BCUT2D eigenvalue weighted by Gasteiger charge is -1.85. The van der Waals surface area contributed by atoms with Gasteiger partial charge in [0.2, 0.25) is 0 Å². The summed E-state index contributed by atoms with van der Waals surface area (Å²) in [5, 5.41) is 18.4. The quantitative estimate of drug-likeness (QED) is 0.621. The molecule has 0 saturated carbocycles. The molecule has 0 aliphatic rings. The Morgan fingerprint density at radius 3 is 2.56 bits per heavy atom. The Morgan fingerprint density at radius 1 is 1.67 bits per heavy atom. The summed E-state index contributed by atoms with van der Waals surface area (Å²) in [5.74, 6) is -1.09. The fraction of sp³-hybridized carbons (Fsp3) is 0. The highest BCUT2D eigenvalue weighted by molar-refractivity contribution is 7.12. The molecule has 0 fully saturated rings. The van der Waals surface area contributed by atoms with Gasteiger partial charge in [-0.15, -0.1) is 11.3 Å². The largest absolute Gasteiger partial charge is 0.499 e. The van der Waals surface area contributed by atoms with Gasteiger partial charge in [0.05, 0.1) is 0 Å². The van der Waals surface area contributed by atoms with Crippen LogP contribution in [0.3, 0.4) is 0 Å². The Morgan fingerprint density at radius 2 is 2.33 bits per heavy atom. The number of hydrogen-bond donors (Lipinski definition) is 2. The minimum absolute atomic E-state index is 0.0278. The average molecular weight is 144 g/mol. The Kier molecular flexibility index (Phi) is 1.40. The molecule has 0 atom stereocenters. The van der Waals surface area contributed by atoms with Gasteiger partial charge in [-0.3, -0.25) is 0 Å². The normalized spacial score (nSPS) is 9.33. The maximum Gasteiger partial charge on any atom is 0.340 e. The van der Waals surface area contributed by atoms with Crippen LogP contribution in [0, 0.1) is 0 Å². The lowest BCUT2D eigenvalue weighted by Crippen LogP contribution is -1.92. The van der Waals surface area contributed by atoms with E-state index in [0.29, 0.717) is 0 Å². The van der Waals surface area contributed by atoms with Crippen LogP contribution in [0.2, 0.25) is 0 Å². The molecule has 48 valence electrons. The summed E-state index contributed by atoms with van der Waals surface area (Å²) in [6, 6.07) is 1.36. The highest BCUT2D eigenvalue weighted by Gasteiger charge is 2.08. The van der Waals surface area contributed by atoms with E-state index in [1.54, 1.807) is 0 Å². The van der Waals surface area contributed by atoms with Crippen molar-refractivity contribution in [3.05, 3.63) is 17.0 Å². The number of carboxylic acids is 1. The molecular weight excluding hydrogens is 140 g/mol. The third kappa shape index (κ3) is 1.02. The molecule has 0 aliphatic carbocycles. The van der Waals surface area contributed by atoms with Crippen LogP contribution in [0.5, 0.6) is 5.06 Å². The molecule has 0 spiro atoms. The summed E-state index contributed by atoms with van der Waals surface area (Å²) in [7, 11) is 0. The van der Waals surface area contributed by atoms with Gasteiger partial charge in [0.1, 0.15) is 5.56 Å². The summed E-state index contributed by atoms with van der Waals surface area (Å²) in [5.41, 5.74) is -0.0278. The number of thiophene rings is 1. The summed E-state index contributed by atoms with van der Waals surface area (Å²) >= 11 is 1.01. The van der Waals surface area contributed by atoms with Crippen molar-refractivity contribution in [2.24, 2.45) is 0 Å². The van der Waals surface area contributed by atoms with Gasteiger partial charge in [0.15, 0.2) is 5.06 Å². The van der Waals surface area contributed by atoms with Crippen molar-refractivity contribution in [1.82, 2.24) is 0 Å². The van der Waals surface area contributed by atoms with Crippen LogP contribution in [-0.4, -0.2) is 16.2 Å². The monoisotopic (exact) mass is 144 g/mol. The van der Waals surface area contributed by atoms with Crippen LogP contribution in [0.25, 0.3) is 0 Å². The molecule has 0 radical (unpaired) electrons. The van der Waals surface area contributed by atoms with Gasteiger partial charge in [0.25, 0.3) is 0 Å². The van der Waals surface area contributed by atoms with Gasteiger partial charge in [-0.1, -0.05) is 0 Å². The maximum atomic E-state index is 10.1.